The van der Waals surface area contributed by atoms with Crippen molar-refractivity contribution in [3.05, 3.63) is 88.6 Å². The standard InChI is InChI=1S/C28H30F3N3O3/c1-32-26(35)25(19-7-5-4-6-8-19)34-16-15-20-17-23(36-2)27(37-3)33-24(20)22(34)14-11-18-9-12-21(13-10-18)28(29,30)31/h4-10,12-13,17,22,25H,11,14-16H2,1-3H3,(H,32,35). The third-order valence-electron chi connectivity index (χ3n) is 6.77. The van der Waals surface area contributed by atoms with Gasteiger partial charge in [-0.15, -0.1) is 0 Å². The molecule has 0 saturated carbocycles. The van der Waals surface area contributed by atoms with Gasteiger partial charge in [-0.3, -0.25) is 9.69 Å². The van der Waals surface area contributed by atoms with E-state index in [9.17, 15) is 18.0 Å². The van der Waals surface area contributed by atoms with Crippen LogP contribution in [-0.2, 0) is 23.8 Å². The molecule has 2 aromatic carbocycles. The lowest BCUT2D eigenvalue weighted by atomic mass is 9.89. The third-order valence-corrected chi connectivity index (χ3v) is 6.77. The molecule has 1 aliphatic rings. The van der Waals surface area contributed by atoms with Crippen molar-refractivity contribution >= 4 is 5.91 Å². The van der Waals surface area contributed by atoms with E-state index in [1.807, 2.05) is 36.4 Å². The molecule has 1 aliphatic heterocycles. The molecule has 0 spiro atoms. The first kappa shape index (κ1) is 26.5. The molecular weight excluding hydrogens is 483 g/mol. The van der Waals surface area contributed by atoms with Gasteiger partial charge in [-0.25, -0.2) is 4.98 Å². The molecule has 2 atom stereocenters. The lowest BCUT2D eigenvalue weighted by molar-refractivity contribution is -0.137. The minimum Gasteiger partial charge on any atom is -0.491 e. The number of aromatic nitrogens is 1. The Kier molecular flexibility index (Phi) is 8.02. The Morgan fingerprint density at radius 1 is 1.11 bits per heavy atom. The Bertz CT molecular complexity index is 1220. The number of hydrogen-bond donors (Lipinski definition) is 1. The molecule has 3 aromatic rings. The number of aryl methyl sites for hydroxylation is 1. The number of carbonyl (C=O) groups excluding carboxylic acids is 1. The van der Waals surface area contributed by atoms with E-state index in [-0.39, 0.29) is 11.9 Å². The number of ether oxygens (including phenoxy) is 2. The van der Waals surface area contributed by atoms with Gasteiger partial charge in [0.05, 0.1) is 31.5 Å². The summed E-state index contributed by atoms with van der Waals surface area (Å²) in [5, 5.41) is 2.79. The summed E-state index contributed by atoms with van der Waals surface area (Å²) in [5.41, 5.74) is 2.72. The molecule has 0 fully saturated rings. The minimum atomic E-state index is -4.38. The minimum absolute atomic E-state index is 0.144. The number of pyridine rings is 1. The summed E-state index contributed by atoms with van der Waals surface area (Å²) in [7, 11) is 4.69. The first-order valence-corrected chi connectivity index (χ1v) is 12.1. The molecule has 1 N–H and O–H groups in total. The maximum absolute atomic E-state index is 13.2. The fraction of sp³-hybridized carbons (Fsp3) is 0.357. The molecule has 0 aliphatic carbocycles. The molecule has 2 heterocycles. The van der Waals surface area contributed by atoms with Gasteiger partial charge < -0.3 is 14.8 Å². The third kappa shape index (κ3) is 5.72. The highest BCUT2D eigenvalue weighted by Gasteiger charge is 2.38. The van der Waals surface area contributed by atoms with Crippen molar-refractivity contribution in [1.29, 1.82) is 0 Å². The average Bonchev–Trinajstić information content (AvgIpc) is 2.91. The van der Waals surface area contributed by atoms with Crippen molar-refractivity contribution in [2.45, 2.75) is 37.5 Å². The van der Waals surface area contributed by atoms with E-state index >= 15 is 0 Å². The van der Waals surface area contributed by atoms with Crippen molar-refractivity contribution in [2.24, 2.45) is 0 Å². The van der Waals surface area contributed by atoms with Crippen LogP contribution < -0.4 is 14.8 Å². The zero-order chi connectivity index (χ0) is 26.6. The van der Waals surface area contributed by atoms with Crippen LogP contribution in [0.5, 0.6) is 11.6 Å². The lowest BCUT2D eigenvalue weighted by Crippen LogP contribution is -2.45. The number of amides is 1. The second-order valence-corrected chi connectivity index (χ2v) is 8.91. The summed E-state index contributed by atoms with van der Waals surface area (Å²) in [6, 6.07) is 15.8. The van der Waals surface area contributed by atoms with Gasteiger partial charge in [0.2, 0.25) is 5.91 Å². The van der Waals surface area contributed by atoms with E-state index in [4.69, 9.17) is 14.5 Å². The number of rotatable bonds is 8. The summed E-state index contributed by atoms with van der Waals surface area (Å²) >= 11 is 0. The molecule has 196 valence electrons. The number of alkyl halides is 3. The number of benzene rings is 2. The fourth-order valence-corrected chi connectivity index (χ4v) is 4.91. The van der Waals surface area contributed by atoms with E-state index in [1.165, 1.54) is 19.2 Å². The van der Waals surface area contributed by atoms with Crippen LogP contribution in [0, 0.1) is 0 Å². The number of nitrogens with zero attached hydrogens (tertiary/aromatic N) is 2. The summed E-state index contributed by atoms with van der Waals surface area (Å²) in [6.07, 6.45) is -2.68. The monoisotopic (exact) mass is 513 g/mol. The van der Waals surface area contributed by atoms with Crippen LogP contribution in [0.2, 0.25) is 0 Å². The van der Waals surface area contributed by atoms with E-state index in [1.54, 1.807) is 14.2 Å². The summed E-state index contributed by atoms with van der Waals surface area (Å²) < 4.78 is 50.0. The SMILES string of the molecule is CNC(=O)C(c1ccccc1)N1CCc2cc(OC)c(OC)nc2C1CCc1ccc(C(F)(F)F)cc1. The normalized spacial score (nSPS) is 16.5. The Morgan fingerprint density at radius 2 is 1.81 bits per heavy atom. The predicted octanol–water partition coefficient (Wildman–Crippen LogP) is 5.14. The number of halogens is 3. The van der Waals surface area contributed by atoms with E-state index < -0.39 is 17.8 Å². The van der Waals surface area contributed by atoms with Gasteiger partial charge in [-0.1, -0.05) is 42.5 Å². The highest BCUT2D eigenvalue weighted by molar-refractivity contribution is 5.83. The summed E-state index contributed by atoms with van der Waals surface area (Å²) in [4.78, 5) is 20.1. The predicted molar refractivity (Wildman–Crippen MR) is 134 cm³/mol. The first-order valence-electron chi connectivity index (χ1n) is 12.1. The molecular formula is C28H30F3N3O3. The topological polar surface area (TPSA) is 63.7 Å². The largest absolute Gasteiger partial charge is 0.491 e. The first-order chi connectivity index (χ1) is 17.8. The Labute approximate surface area is 214 Å². The van der Waals surface area contributed by atoms with E-state index in [0.717, 1.165) is 34.5 Å². The van der Waals surface area contributed by atoms with Crippen LogP contribution in [0.25, 0.3) is 0 Å². The number of carbonyl (C=O) groups is 1. The number of nitrogens with one attached hydrogen (secondary N) is 1. The van der Waals surface area contributed by atoms with Crippen molar-refractivity contribution in [3.8, 4) is 11.6 Å². The molecule has 2 unspecified atom stereocenters. The smallest absolute Gasteiger partial charge is 0.416 e. The van der Waals surface area contributed by atoms with Gasteiger partial charge >= 0.3 is 6.18 Å². The molecule has 37 heavy (non-hydrogen) atoms. The molecule has 1 aromatic heterocycles. The van der Waals surface area contributed by atoms with E-state index in [0.29, 0.717) is 37.4 Å². The quantitative estimate of drug-likeness (QED) is 0.452. The molecule has 1 amide bonds. The molecule has 6 nitrogen and oxygen atoms in total. The van der Waals surface area contributed by atoms with Crippen molar-refractivity contribution in [1.82, 2.24) is 15.2 Å². The lowest BCUT2D eigenvalue weighted by Gasteiger charge is -2.41. The van der Waals surface area contributed by atoms with E-state index in [2.05, 4.69) is 10.2 Å². The fourth-order valence-electron chi connectivity index (χ4n) is 4.91. The zero-order valence-corrected chi connectivity index (χ0v) is 21.0. The maximum Gasteiger partial charge on any atom is 0.416 e. The Balaban J connectivity index is 1.73. The number of fused-ring (bicyclic) bond motifs is 1. The van der Waals surface area contributed by atoms with Crippen LogP contribution in [-0.4, -0.2) is 43.6 Å². The second-order valence-electron chi connectivity index (χ2n) is 8.91. The molecule has 4 rings (SSSR count). The van der Waals surface area contributed by atoms with Crippen molar-refractivity contribution in [3.63, 3.8) is 0 Å². The van der Waals surface area contributed by atoms with Gasteiger partial charge in [0.25, 0.3) is 5.88 Å². The van der Waals surface area contributed by atoms with Crippen LogP contribution in [0.15, 0.2) is 60.7 Å². The van der Waals surface area contributed by atoms with Crippen LogP contribution in [0.3, 0.4) is 0 Å². The van der Waals surface area contributed by atoms with Crippen LogP contribution >= 0.6 is 0 Å². The van der Waals surface area contributed by atoms with Crippen molar-refractivity contribution in [2.75, 3.05) is 27.8 Å². The molecule has 0 saturated heterocycles. The highest BCUT2D eigenvalue weighted by Crippen LogP contribution is 2.41. The summed E-state index contributed by atoms with van der Waals surface area (Å²) in [5.74, 6) is 0.732. The second kappa shape index (κ2) is 11.2. The zero-order valence-electron chi connectivity index (χ0n) is 21.0. The van der Waals surface area contributed by atoms with Crippen LogP contribution in [0.4, 0.5) is 13.2 Å². The van der Waals surface area contributed by atoms with Gasteiger partial charge in [0.1, 0.15) is 6.04 Å². The molecule has 9 heteroatoms. The van der Waals surface area contributed by atoms with Crippen molar-refractivity contribution < 1.29 is 27.4 Å². The van der Waals surface area contributed by atoms with Crippen LogP contribution in [0.1, 0.15) is 46.5 Å². The Morgan fingerprint density at radius 3 is 2.41 bits per heavy atom. The number of likely N-dealkylation sites (N-methyl/N-ethyl adjacent to an activating group) is 1. The average molecular weight is 514 g/mol. The summed E-state index contributed by atoms with van der Waals surface area (Å²) in [6.45, 7) is 0.592. The van der Waals surface area contributed by atoms with Gasteiger partial charge in [0, 0.05) is 13.6 Å². The number of hydrogen-bond acceptors (Lipinski definition) is 5. The Hall–Kier alpha value is -3.59. The maximum atomic E-state index is 13.2. The van der Waals surface area contributed by atoms with Gasteiger partial charge in [-0.2, -0.15) is 13.2 Å². The molecule has 0 radical (unpaired) electrons. The molecule has 0 bridgehead atoms. The number of methoxy groups -OCH3 is 2. The highest BCUT2D eigenvalue weighted by atomic mass is 19.4. The van der Waals surface area contributed by atoms with Gasteiger partial charge in [-0.05, 0) is 54.2 Å². The van der Waals surface area contributed by atoms with Gasteiger partial charge in [0.15, 0.2) is 5.75 Å².